The molecule has 0 aliphatic carbocycles. The zero-order valence-corrected chi connectivity index (χ0v) is 14.4. The summed E-state index contributed by atoms with van der Waals surface area (Å²) in [4.78, 5) is 9.50. The Morgan fingerprint density at radius 3 is 2.58 bits per heavy atom. The van der Waals surface area contributed by atoms with E-state index in [4.69, 9.17) is 4.98 Å². The Hall–Kier alpha value is -3.18. The second kappa shape index (κ2) is 6.98. The molecule has 0 atom stereocenters. The third-order valence-electron chi connectivity index (χ3n) is 4.40. The lowest BCUT2D eigenvalue weighted by molar-refractivity contribution is 0.276. The van der Waals surface area contributed by atoms with Crippen LogP contribution in [0.5, 0.6) is 0 Å². The molecule has 0 saturated heterocycles. The van der Waals surface area contributed by atoms with E-state index in [9.17, 15) is 5.11 Å². The molecule has 0 aliphatic heterocycles. The number of aliphatic hydroxyl groups excluding tert-OH is 1. The van der Waals surface area contributed by atoms with Gasteiger partial charge in [-0.15, -0.1) is 6.58 Å². The zero-order chi connectivity index (χ0) is 17.9. The maximum atomic E-state index is 9.49. The van der Waals surface area contributed by atoms with Crippen LogP contribution in [-0.4, -0.2) is 30.8 Å². The van der Waals surface area contributed by atoms with Gasteiger partial charge < -0.3 is 14.2 Å². The van der Waals surface area contributed by atoms with Gasteiger partial charge in [0.2, 0.25) is 0 Å². The van der Waals surface area contributed by atoms with E-state index in [0.29, 0.717) is 13.1 Å². The minimum absolute atomic E-state index is 0.0409. The van der Waals surface area contributed by atoms with Gasteiger partial charge >= 0.3 is 0 Å². The Bertz CT molecular complexity index is 1050. The quantitative estimate of drug-likeness (QED) is 0.542. The third-order valence-corrected chi connectivity index (χ3v) is 4.40. The monoisotopic (exact) mass is 344 g/mol. The molecule has 4 rings (SSSR count). The topological polar surface area (TPSA) is 55.9 Å². The van der Waals surface area contributed by atoms with Gasteiger partial charge in [-0.25, -0.2) is 9.97 Å². The minimum Gasteiger partial charge on any atom is -0.395 e. The molecule has 26 heavy (non-hydrogen) atoms. The molecule has 0 bridgehead atoms. The predicted octanol–water partition coefficient (Wildman–Crippen LogP) is 3.75. The Labute approximate surface area is 151 Å². The van der Waals surface area contributed by atoms with E-state index >= 15 is 0 Å². The van der Waals surface area contributed by atoms with Crippen molar-refractivity contribution >= 4 is 11.0 Å². The molecule has 2 heterocycles. The number of hydrogen-bond acceptors (Lipinski definition) is 3. The highest BCUT2D eigenvalue weighted by Crippen LogP contribution is 2.33. The summed E-state index contributed by atoms with van der Waals surface area (Å²) in [6.07, 6.45) is 3.64. The summed E-state index contributed by atoms with van der Waals surface area (Å²) in [6, 6.07) is 18.1. The van der Waals surface area contributed by atoms with Crippen LogP contribution >= 0.6 is 0 Å². The molecule has 0 radical (unpaired) electrons. The van der Waals surface area contributed by atoms with Crippen LogP contribution in [0.3, 0.4) is 0 Å². The van der Waals surface area contributed by atoms with E-state index < -0.39 is 0 Å². The van der Waals surface area contributed by atoms with E-state index in [1.54, 1.807) is 6.33 Å². The Balaban J connectivity index is 2.00. The lowest BCUT2D eigenvalue weighted by Gasteiger charge is -2.11. The van der Waals surface area contributed by atoms with E-state index in [2.05, 4.69) is 22.2 Å². The number of benzene rings is 2. The van der Waals surface area contributed by atoms with Gasteiger partial charge in [-0.3, -0.25) is 0 Å². The first-order valence-electron chi connectivity index (χ1n) is 8.61. The molecule has 2 aromatic carbocycles. The molecular weight excluding hydrogens is 324 g/mol. The summed E-state index contributed by atoms with van der Waals surface area (Å²) in [5.41, 5.74) is 4.78. The first kappa shape index (κ1) is 16.3. The number of nitrogens with zero attached hydrogens (tertiary/aromatic N) is 4. The number of para-hydroxylation sites is 2. The summed E-state index contributed by atoms with van der Waals surface area (Å²) in [6.45, 7) is 5.05. The van der Waals surface area contributed by atoms with Crippen LogP contribution in [0.1, 0.15) is 0 Å². The van der Waals surface area contributed by atoms with Crippen molar-refractivity contribution in [2.75, 3.05) is 6.61 Å². The van der Waals surface area contributed by atoms with Crippen molar-refractivity contribution in [3.8, 4) is 22.8 Å². The van der Waals surface area contributed by atoms with Crippen LogP contribution in [-0.2, 0) is 13.1 Å². The van der Waals surface area contributed by atoms with Gasteiger partial charge in [-0.1, -0.05) is 48.5 Å². The van der Waals surface area contributed by atoms with Gasteiger partial charge in [0.25, 0.3) is 0 Å². The molecule has 0 amide bonds. The van der Waals surface area contributed by atoms with Crippen molar-refractivity contribution in [2.24, 2.45) is 0 Å². The van der Waals surface area contributed by atoms with Gasteiger partial charge in [0.1, 0.15) is 5.69 Å². The molecule has 0 saturated carbocycles. The molecule has 0 unspecified atom stereocenters. The van der Waals surface area contributed by atoms with Gasteiger partial charge in [0.05, 0.1) is 29.7 Å². The summed E-state index contributed by atoms with van der Waals surface area (Å²) >= 11 is 0. The van der Waals surface area contributed by atoms with Crippen LogP contribution in [0.15, 0.2) is 73.6 Å². The summed E-state index contributed by atoms with van der Waals surface area (Å²) < 4.78 is 4.10. The zero-order valence-electron chi connectivity index (χ0n) is 14.4. The first-order valence-corrected chi connectivity index (χ1v) is 8.61. The van der Waals surface area contributed by atoms with Gasteiger partial charge in [-0.05, 0) is 12.1 Å². The molecule has 0 aliphatic rings. The molecule has 1 N–H and O–H groups in total. The third kappa shape index (κ3) is 2.72. The van der Waals surface area contributed by atoms with E-state index in [1.807, 2.05) is 59.2 Å². The SMILES string of the molecule is C=CCn1c(-c2c(-c3ccccc3)ncn2CCO)nc2ccccc21. The molecular formula is C21H20N4O. The molecule has 130 valence electrons. The van der Waals surface area contributed by atoms with Crippen molar-refractivity contribution < 1.29 is 5.11 Å². The second-order valence-electron chi connectivity index (χ2n) is 6.05. The second-order valence-corrected chi connectivity index (χ2v) is 6.05. The fraction of sp³-hybridized carbons (Fsp3) is 0.143. The maximum absolute atomic E-state index is 9.49. The normalized spacial score (nSPS) is 11.1. The number of allylic oxidation sites excluding steroid dienone is 1. The van der Waals surface area contributed by atoms with E-state index in [-0.39, 0.29) is 6.61 Å². The summed E-state index contributed by atoms with van der Waals surface area (Å²) in [5.74, 6) is 0.830. The average Bonchev–Trinajstić information content (AvgIpc) is 3.25. The van der Waals surface area contributed by atoms with Gasteiger partial charge in [-0.2, -0.15) is 0 Å². The fourth-order valence-corrected chi connectivity index (χ4v) is 3.27. The van der Waals surface area contributed by atoms with Gasteiger partial charge in [0.15, 0.2) is 5.82 Å². The average molecular weight is 344 g/mol. The largest absolute Gasteiger partial charge is 0.395 e. The highest BCUT2D eigenvalue weighted by Gasteiger charge is 2.21. The van der Waals surface area contributed by atoms with Gasteiger partial charge in [0, 0.05) is 18.7 Å². The molecule has 5 nitrogen and oxygen atoms in total. The molecule has 0 fully saturated rings. The number of imidazole rings is 2. The number of aromatic nitrogens is 4. The van der Waals surface area contributed by atoms with E-state index in [1.165, 1.54) is 0 Å². The van der Waals surface area contributed by atoms with Crippen molar-refractivity contribution in [2.45, 2.75) is 13.1 Å². The van der Waals surface area contributed by atoms with Crippen LogP contribution in [0.2, 0.25) is 0 Å². The van der Waals surface area contributed by atoms with E-state index in [0.717, 1.165) is 33.8 Å². The van der Waals surface area contributed by atoms with Crippen LogP contribution in [0.25, 0.3) is 33.8 Å². The molecule has 0 spiro atoms. The number of aliphatic hydroxyl groups is 1. The first-order chi connectivity index (χ1) is 12.8. The highest BCUT2D eigenvalue weighted by molar-refractivity contribution is 5.84. The summed E-state index contributed by atoms with van der Waals surface area (Å²) in [7, 11) is 0. The Morgan fingerprint density at radius 1 is 1.04 bits per heavy atom. The molecule has 4 aromatic rings. The van der Waals surface area contributed by atoms with Crippen molar-refractivity contribution in [3.63, 3.8) is 0 Å². The van der Waals surface area contributed by atoms with Crippen molar-refractivity contribution in [3.05, 3.63) is 73.6 Å². The van der Waals surface area contributed by atoms with Crippen LogP contribution in [0.4, 0.5) is 0 Å². The lowest BCUT2D eigenvalue weighted by Crippen LogP contribution is -2.07. The Morgan fingerprint density at radius 2 is 1.81 bits per heavy atom. The molecule has 2 aromatic heterocycles. The van der Waals surface area contributed by atoms with Crippen molar-refractivity contribution in [1.82, 2.24) is 19.1 Å². The minimum atomic E-state index is 0.0409. The number of rotatable bonds is 6. The maximum Gasteiger partial charge on any atom is 0.160 e. The predicted molar refractivity (Wildman–Crippen MR) is 104 cm³/mol. The van der Waals surface area contributed by atoms with Crippen molar-refractivity contribution in [1.29, 1.82) is 0 Å². The van der Waals surface area contributed by atoms with Crippen LogP contribution < -0.4 is 0 Å². The standard InChI is InChI=1S/C21H20N4O/c1-2-12-25-18-11-7-6-10-17(18)23-21(25)20-19(16-8-4-3-5-9-16)22-15-24(20)13-14-26/h2-11,15,26H,1,12-14H2. The van der Waals surface area contributed by atoms with Crippen LogP contribution in [0, 0.1) is 0 Å². The number of fused-ring (bicyclic) bond motifs is 1. The highest BCUT2D eigenvalue weighted by atomic mass is 16.3. The Kier molecular flexibility index (Phi) is 4.37. The number of hydrogen-bond donors (Lipinski definition) is 1. The smallest absolute Gasteiger partial charge is 0.160 e. The fourth-order valence-electron chi connectivity index (χ4n) is 3.27. The molecule has 5 heteroatoms. The summed E-state index contributed by atoms with van der Waals surface area (Å²) in [5, 5.41) is 9.49. The lowest BCUT2D eigenvalue weighted by atomic mass is 10.1.